The van der Waals surface area contributed by atoms with E-state index in [0.29, 0.717) is 11.6 Å². The summed E-state index contributed by atoms with van der Waals surface area (Å²) in [5.74, 6) is 0.684. The summed E-state index contributed by atoms with van der Waals surface area (Å²) in [6.45, 7) is -0.282. The maximum atomic E-state index is 12.1. The van der Waals surface area contributed by atoms with E-state index in [-0.39, 0.29) is 19.1 Å². The van der Waals surface area contributed by atoms with Gasteiger partial charge in [0.25, 0.3) is 0 Å². The van der Waals surface area contributed by atoms with Crippen LogP contribution in [0.3, 0.4) is 0 Å². The van der Waals surface area contributed by atoms with Gasteiger partial charge in [-0.2, -0.15) is 13.2 Å². The van der Waals surface area contributed by atoms with Crippen LogP contribution >= 0.6 is 0 Å². The fourth-order valence-electron chi connectivity index (χ4n) is 1.65. The van der Waals surface area contributed by atoms with Crippen molar-refractivity contribution in [3.05, 3.63) is 11.6 Å². The van der Waals surface area contributed by atoms with Crippen LogP contribution in [0.1, 0.15) is 37.0 Å². The zero-order valence-electron chi connectivity index (χ0n) is 8.54. The Bertz CT molecular complexity index is 371. The molecular formula is C9H12F3N3O. The number of aliphatic hydroxyl groups is 1. The molecule has 90 valence electrons. The van der Waals surface area contributed by atoms with Crippen molar-refractivity contribution in [1.29, 1.82) is 0 Å². The van der Waals surface area contributed by atoms with Gasteiger partial charge < -0.3 is 9.67 Å². The number of rotatable bonds is 4. The van der Waals surface area contributed by atoms with Crippen LogP contribution in [0, 0.1) is 0 Å². The molecule has 0 atom stereocenters. The maximum absolute atomic E-state index is 12.1. The molecule has 16 heavy (non-hydrogen) atoms. The van der Waals surface area contributed by atoms with Crippen molar-refractivity contribution in [1.82, 2.24) is 14.8 Å². The van der Waals surface area contributed by atoms with Crippen LogP contribution in [-0.2, 0) is 13.0 Å². The molecule has 0 saturated heterocycles. The molecule has 0 unspecified atom stereocenters. The van der Waals surface area contributed by atoms with Crippen LogP contribution in [-0.4, -0.2) is 26.0 Å². The summed E-state index contributed by atoms with van der Waals surface area (Å²) in [6, 6.07) is 0.181. The fourth-order valence-corrected chi connectivity index (χ4v) is 1.65. The van der Waals surface area contributed by atoms with Crippen molar-refractivity contribution in [3.63, 3.8) is 0 Å². The number of alkyl halides is 3. The number of aliphatic hydroxyl groups excluding tert-OH is 1. The Morgan fingerprint density at radius 1 is 1.25 bits per heavy atom. The maximum Gasteiger partial charge on any atom is 0.389 e. The van der Waals surface area contributed by atoms with Crippen LogP contribution in [0.2, 0.25) is 0 Å². The van der Waals surface area contributed by atoms with Crippen molar-refractivity contribution in [2.45, 2.75) is 44.5 Å². The zero-order chi connectivity index (χ0) is 11.8. The van der Waals surface area contributed by atoms with Gasteiger partial charge in [0.1, 0.15) is 12.4 Å². The van der Waals surface area contributed by atoms with Gasteiger partial charge in [-0.1, -0.05) is 0 Å². The molecule has 7 heteroatoms. The summed E-state index contributed by atoms with van der Waals surface area (Å²) in [6.07, 6.45) is -3.41. The minimum absolute atomic E-state index is 0.174. The topological polar surface area (TPSA) is 50.9 Å². The minimum atomic E-state index is -4.18. The average Bonchev–Trinajstić information content (AvgIpc) is 2.94. The van der Waals surface area contributed by atoms with E-state index in [2.05, 4.69) is 10.2 Å². The SMILES string of the molecule is OCc1nnc(CCC(F)(F)F)n1C1CC1. The molecule has 1 saturated carbocycles. The highest BCUT2D eigenvalue weighted by molar-refractivity contribution is 5.02. The molecule has 1 aromatic heterocycles. The lowest BCUT2D eigenvalue weighted by molar-refractivity contribution is -0.134. The molecule has 1 fully saturated rings. The molecule has 0 aliphatic heterocycles. The van der Waals surface area contributed by atoms with Gasteiger partial charge in [0.15, 0.2) is 5.82 Å². The Hall–Kier alpha value is -1.11. The summed E-state index contributed by atoms with van der Waals surface area (Å²) in [4.78, 5) is 0. The van der Waals surface area contributed by atoms with E-state index in [1.165, 1.54) is 0 Å². The smallest absolute Gasteiger partial charge is 0.388 e. The van der Waals surface area contributed by atoms with Crippen LogP contribution in [0.15, 0.2) is 0 Å². The average molecular weight is 235 g/mol. The summed E-state index contributed by atoms with van der Waals surface area (Å²) < 4.78 is 37.9. The molecule has 1 aliphatic rings. The summed E-state index contributed by atoms with van der Waals surface area (Å²) >= 11 is 0. The predicted octanol–water partition coefficient (Wildman–Crippen LogP) is 1.60. The lowest BCUT2D eigenvalue weighted by Crippen LogP contribution is -2.12. The quantitative estimate of drug-likeness (QED) is 0.862. The third-order valence-electron chi connectivity index (χ3n) is 2.52. The van der Waals surface area contributed by atoms with Gasteiger partial charge in [0, 0.05) is 12.5 Å². The molecule has 1 aliphatic carbocycles. The van der Waals surface area contributed by atoms with E-state index < -0.39 is 12.6 Å². The molecule has 0 radical (unpaired) electrons. The van der Waals surface area contributed by atoms with Gasteiger partial charge in [-0.15, -0.1) is 10.2 Å². The molecule has 2 rings (SSSR count). The van der Waals surface area contributed by atoms with Gasteiger partial charge in [0.05, 0.1) is 6.42 Å². The number of nitrogens with zero attached hydrogens (tertiary/aromatic N) is 3. The van der Waals surface area contributed by atoms with E-state index in [1.54, 1.807) is 4.57 Å². The fraction of sp³-hybridized carbons (Fsp3) is 0.778. The Morgan fingerprint density at radius 3 is 2.38 bits per heavy atom. The first-order chi connectivity index (χ1) is 7.51. The van der Waals surface area contributed by atoms with Gasteiger partial charge in [-0.25, -0.2) is 0 Å². The van der Waals surface area contributed by atoms with Crippen molar-refractivity contribution < 1.29 is 18.3 Å². The van der Waals surface area contributed by atoms with E-state index >= 15 is 0 Å². The highest BCUT2D eigenvalue weighted by Gasteiger charge is 2.32. The summed E-state index contributed by atoms with van der Waals surface area (Å²) in [5.41, 5.74) is 0. The van der Waals surface area contributed by atoms with Gasteiger partial charge >= 0.3 is 6.18 Å². The zero-order valence-corrected chi connectivity index (χ0v) is 8.54. The second kappa shape index (κ2) is 4.04. The Kier molecular flexibility index (Phi) is 2.88. The second-order valence-electron chi connectivity index (χ2n) is 3.91. The Labute approximate surface area is 90.1 Å². The second-order valence-corrected chi connectivity index (χ2v) is 3.91. The van der Waals surface area contributed by atoms with Crippen molar-refractivity contribution >= 4 is 0 Å². The van der Waals surface area contributed by atoms with Gasteiger partial charge in [-0.3, -0.25) is 0 Å². The molecule has 1 aromatic rings. The van der Waals surface area contributed by atoms with E-state index in [1.807, 2.05) is 0 Å². The minimum Gasteiger partial charge on any atom is -0.388 e. The highest BCUT2D eigenvalue weighted by atomic mass is 19.4. The third kappa shape index (κ3) is 2.52. The van der Waals surface area contributed by atoms with Gasteiger partial charge in [-0.05, 0) is 12.8 Å². The van der Waals surface area contributed by atoms with Crippen LogP contribution in [0.5, 0.6) is 0 Å². The Morgan fingerprint density at radius 2 is 1.88 bits per heavy atom. The Balaban J connectivity index is 2.11. The third-order valence-corrected chi connectivity index (χ3v) is 2.52. The number of aryl methyl sites for hydroxylation is 1. The number of hydrogen-bond donors (Lipinski definition) is 1. The first-order valence-electron chi connectivity index (χ1n) is 5.11. The molecule has 1 heterocycles. The van der Waals surface area contributed by atoms with E-state index in [9.17, 15) is 13.2 Å². The summed E-state index contributed by atoms with van der Waals surface area (Å²) in [5, 5.41) is 16.4. The molecule has 0 aromatic carbocycles. The van der Waals surface area contributed by atoms with Crippen molar-refractivity contribution in [2.75, 3.05) is 0 Å². The lowest BCUT2D eigenvalue weighted by atomic mass is 10.3. The number of aromatic nitrogens is 3. The number of halogens is 3. The van der Waals surface area contributed by atoms with Crippen molar-refractivity contribution in [3.8, 4) is 0 Å². The first-order valence-corrected chi connectivity index (χ1v) is 5.11. The number of hydrogen-bond acceptors (Lipinski definition) is 3. The molecular weight excluding hydrogens is 223 g/mol. The van der Waals surface area contributed by atoms with Crippen molar-refractivity contribution in [2.24, 2.45) is 0 Å². The van der Waals surface area contributed by atoms with Crippen LogP contribution in [0.4, 0.5) is 13.2 Å². The van der Waals surface area contributed by atoms with Crippen LogP contribution < -0.4 is 0 Å². The first kappa shape index (κ1) is 11.4. The summed E-state index contributed by atoms with van der Waals surface area (Å²) in [7, 11) is 0. The monoisotopic (exact) mass is 235 g/mol. The molecule has 0 bridgehead atoms. The molecule has 4 nitrogen and oxygen atoms in total. The van der Waals surface area contributed by atoms with E-state index in [4.69, 9.17) is 5.11 Å². The lowest BCUT2D eigenvalue weighted by Gasteiger charge is -2.08. The normalized spacial score (nSPS) is 16.8. The van der Waals surface area contributed by atoms with Crippen LogP contribution in [0.25, 0.3) is 0 Å². The highest BCUT2D eigenvalue weighted by Crippen LogP contribution is 2.37. The van der Waals surface area contributed by atoms with E-state index in [0.717, 1.165) is 12.8 Å². The standard InChI is InChI=1S/C9H12F3N3O/c10-9(11,12)4-3-7-13-14-8(5-16)15(7)6-1-2-6/h6,16H,1-5H2. The largest absolute Gasteiger partial charge is 0.389 e. The predicted molar refractivity (Wildman–Crippen MR) is 48.6 cm³/mol. The molecule has 0 spiro atoms. The molecule has 0 amide bonds. The van der Waals surface area contributed by atoms with Gasteiger partial charge in [0.2, 0.25) is 0 Å². The molecule has 1 N–H and O–H groups in total.